The van der Waals surface area contributed by atoms with Crippen LogP contribution in [0.25, 0.3) is 0 Å². The van der Waals surface area contributed by atoms with Crippen molar-refractivity contribution in [2.75, 3.05) is 7.11 Å². The molecule has 0 radical (unpaired) electrons. The quantitative estimate of drug-likeness (QED) is 0.847. The van der Waals surface area contributed by atoms with Gasteiger partial charge in [-0.15, -0.1) is 0 Å². The Kier molecular flexibility index (Phi) is 4.24. The number of hydrogen-bond donors (Lipinski definition) is 1. The molecule has 1 aromatic rings. The zero-order valence-corrected chi connectivity index (χ0v) is 13.1. The van der Waals surface area contributed by atoms with Crippen molar-refractivity contribution in [3.63, 3.8) is 0 Å². The fraction of sp³-hybridized carbons (Fsp3) is 0.625. The number of ether oxygens (including phenoxy) is 1. The number of hydrogen-bond acceptors (Lipinski definition) is 2. The number of benzene rings is 1. The Labute approximate surface area is 121 Å². The van der Waals surface area contributed by atoms with Crippen LogP contribution in [0.2, 0.25) is 5.02 Å². The van der Waals surface area contributed by atoms with Gasteiger partial charge in [-0.1, -0.05) is 29.8 Å². The highest BCUT2D eigenvalue weighted by Crippen LogP contribution is 2.48. The fourth-order valence-electron chi connectivity index (χ4n) is 2.81. The molecule has 106 valence electrons. The van der Waals surface area contributed by atoms with E-state index in [9.17, 15) is 0 Å². The maximum atomic E-state index is 6.33. The Morgan fingerprint density at radius 3 is 2.53 bits per heavy atom. The SMILES string of the molecule is COC(C)(C)C[C@H](C)NC1(c2ccccc2Cl)CC1. The number of rotatable bonds is 6. The molecule has 2 rings (SSSR count). The second-order valence-corrected chi connectivity index (χ2v) is 6.68. The number of nitrogens with one attached hydrogen (secondary N) is 1. The Bertz CT molecular complexity index is 440. The fourth-order valence-corrected chi connectivity index (χ4v) is 3.13. The minimum Gasteiger partial charge on any atom is -0.379 e. The molecule has 0 amide bonds. The van der Waals surface area contributed by atoms with Crippen molar-refractivity contribution in [3.8, 4) is 0 Å². The molecule has 19 heavy (non-hydrogen) atoms. The van der Waals surface area contributed by atoms with Crippen LogP contribution in [0.15, 0.2) is 24.3 Å². The van der Waals surface area contributed by atoms with Crippen LogP contribution in [0.3, 0.4) is 0 Å². The molecule has 0 aliphatic heterocycles. The Balaban J connectivity index is 2.05. The van der Waals surface area contributed by atoms with Gasteiger partial charge in [-0.2, -0.15) is 0 Å². The van der Waals surface area contributed by atoms with E-state index in [0.29, 0.717) is 6.04 Å². The third kappa shape index (κ3) is 3.50. The maximum absolute atomic E-state index is 6.33. The normalized spacial score (nSPS) is 19.2. The summed E-state index contributed by atoms with van der Waals surface area (Å²) in [6.45, 7) is 6.47. The second kappa shape index (κ2) is 5.43. The summed E-state index contributed by atoms with van der Waals surface area (Å²) in [6, 6.07) is 8.55. The predicted octanol–water partition coefficient (Wildman–Crippen LogP) is 4.12. The third-order valence-electron chi connectivity index (χ3n) is 4.01. The van der Waals surface area contributed by atoms with Crippen LogP contribution < -0.4 is 5.32 Å². The standard InChI is InChI=1S/C16H24ClNO/c1-12(11-15(2,3)19-4)18-16(9-10-16)13-7-5-6-8-14(13)17/h5-8,12,18H,9-11H2,1-4H3/t12-/m0/s1. The van der Waals surface area contributed by atoms with Gasteiger partial charge in [0.25, 0.3) is 0 Å². The van der Waals surface area contributed by atoms with E-state index in [1.165, 1.54) is 5.56 Å². The lowest BCUT2D eigenvalue weighted by Gasteiger charge is -2.30. The monoisotopic (exact) mass is 281 g/mol. The molecular formula is C16H24ClNO. The summed E-state index contributed by atoms with van der Waals surface area (Å²) < 4.78 is 5.51. The molecule has 1 fully saturated rings. The number of methoxy groups -OCH3 is 1. The molecule has 3 heteroatoms. The van der Waals surface area contributed by atoms with E-state index >= 15 is 0 Å². The van der Waals surface area contributed by atoms with Crippen LogP contribution in [0, 0.1) is 0 Å². The molecule has 0 aromatic heterocycles. The Hall–Kier alpha value is -0.570. The lowest BCUT2D eigenvalue weighted by atomic mass is 9.97. The Morgan fingerprint density at radius 2 is 2.00 bits per heavy atom. The summed E-state index contributed by atoms with van der Waals surface area (Å²) in [7, 11) is 1.77. The molecular weight excluding hydrogens is 258 g/mol. The van der Waals surface area contributed by atoms with Crippen molar-refractivity contribution in [1.29, 1.82) is 0 Å². The molecule has 1 atom stereocenters. The smallest absolute Gasteiger partial charge is 0.0637 e. The summed E-state index contributed by atoms with van der Waals surface area (Å²) in [6.07, 6.45) is 3.30. The van der Waals surface area contributed by atoms with Crippen molar-refractivity contribution in [1.82, 2.24) is 5.32 Å². The molecule has 1 aliphatic carbocycles. The highest BCUT2D eigenvalue weighted by molar-refractivity contribution is 6.31. The average Bonchev–Trinajstić information content (AvgIpc) is 3.09. The van der Waals surface area contributed by atoms with Crippen molar-refractivity contribution >= 4 is 11.6 Å². The van der Waals surface area contributed by atoms with Crippen molar-refractivity contribution < 1.29 is 4.74 Å². The predicted molar refractivity (Wildman–Crippen MR) is 80.7 cm³/mol. The van der Waals surface area contributed by atoms with Gasteiger partial charge in [0, 0.05) is 23.7 Å². The molecule has 1 N–H and O–H groups in total. The van der Waals surface area contributed by atoms with Crippen LogP contribution in [0.1, 0.15) is 45.6 Å². The van der Waals surface area contributed by atoms with Crippen LogP contribution in [-0.2, 0) is 10.3 Å². The zero-order chi connectivity index (χ0) is 14.1. The van der Waals surface area contributed by atoms with Gasteiger partial charge in [0.1, 0.15) is 0 Å². The molecule has 1 saturated carbocycles. The van der Waals surface area contributed by atoms with Gasteiger partial charge in [0.2, 0.25) is 0 Å². The first-order chi connectivity index (χ1) is 8.88. The van der Waals surface area contributed by atoms with Gasteiger partial charge >= 0.3 is 0 Å². The van der Waals surface area contributed by atoms with E-state index in [1.807, 2.05) is 12.1 Å². The van der Waals surface area contributed by atoms with Crippen molar-refractivity contribution in [2.24, 2.45) is 0 Å². The highest BCUT2D eigenvalue weighted by atomic mass is 35.5. The molecule has 0 unspecified atom stereocenters. The zero-order valence-electron chi connectivity index (χ0n) is 12.3. The summed E-state index contributed by atoms with van der Waals surface area (Å²) in [5, 5.41) is 4.62. The highest BCUT2D eigenvalue weighted by Gasteiger charge is 2.46. The molecule has 2 nitrogen and oxygen atoms in total. The minimum atomic E-state index is -0.0943. The van der Waals surface area contributed by atoms with E-state index in [0.717, 1.165) is 24.3 Å². The van der Waals surface area contributed by atoms with E-state index in [1.54, 1.807) is 7.11 Å². The Morgan fingerprint density at radius 1 is 1.37 bits per heavy atom. The first kappa shape index (κ1) is 14.8. The second-order valence-electron chi connectivity index (χ2n) is 6.28. The largest absolute Gasteiger partial charge is 0.379 e. The van der Waals surface area contributed by atoms with Crippen LogP contribution in [0.5, 0.6) is 0 Å². The van der Waals surface area contributed by atoms with E-state index in [4.69, 9.17) is 16.3 Å². The molecule has 0 heterocycles. The van der Waals surface area contributed by atoms with Gasteiger partial charge in [-0.25, -0.2) is 0 Å². The average molecular weight is 282 g/mol. The maximum Gasteiger partial charge on any atom is 0.0637 e. The van der Waals surface area contributed by atoms with Crippen molar-refractivity contribution in [3.05, 3.63) is 34.9 Å². The van der Waals surface area contributed by atoms with E-state index < -0.39 is 0 Å². The molecule has 0 bridgehead atoms. The molecule has 0 saturated heterocycles. The first-order valence-electron chi connectivity index (χ1n) is 6.96. The van der Waals surface area contributed by atoms with Gasteiger partial charge in [-0.05, 0) is 51.7 Å². The third-order valence-corrected chi connectivity index (χ3v) is 4.34. The van der Waals surface area contributed by atoms with Gasteiger partial charge in [0.05, 0.1) is 5.60 Å². The summed E-state index contributed by atoms with van der Waals surface area (Å²) >= 11 is 6.33. The molecule has 1 aromatic carbocycles. The lowest BCUT2D eigenvalue weighted by Crippen LogP contribution is -2.41. The van der Waals surface area contributed by atoms with Crippen LogP contribution >= 0.6 is 11.6 Å². The lowest BCUT2D eigenvalue weighted by molar-refractivity contribution is 0.00730. The first-order valence-corrected chi connectivity index (χ1v) is 7.34. The van der Waals surface area contributed by atoms with Crippen LogP contribution in [-0.4, -0.2) is 18.8 Å². The van der Waals surface area contributed by atoms with E-state index in [2.05, 4.69) is 38.2 Å². The van der Waals surface area contributed by atoms with Gasteiger partial charge < -0.3 is 10.1 Å². The molecule has 0 spiro atoms. The van der Waals surface area contributed by atoms with Gasteiger partial charge in [0.15, 0.2) is 0 Å². The summed E-state index contributed by atoms with van der Waals surface area (Å²) in [4.78, 5) is 0. The minimum absolute atomic E-state index is 0.0849. The molecule has 1 aliphatic rings. The van der Waals surface area contributed by atoms with Crippen molar-refractivity contribution in [2.45, 2.75) is 57.2 Å². The summed E-state index contributed by atoms with van der Waals surface area (Å²) in [5.41, 5.74) is 1.23. The topological polar surface area (TPSA) is 21.3 Å². The summed E-state index contributed by atoms with van der Waals surface area (Å²) in [5.74, 6) is 0. The van der Waals surface area contributed by atoms with Gasteiger partial charge in [-0.3, -0.25) is 0 Å². The number of halogens is 1. The van der Waals surface area contributed by atoms with Crippen LogP contribution in [0.4, 0.5) is 0 Å². The van der Waals surface area contributed by atoms with E-state index in [-0.39, 0.29) is 11.1 Å².